The first-order valence-corrected chi connectivity index (χ1v) is 6.72. The van der Waals surface area contributed by atoms with Crippen LogP contribution in [-0.4, -0.2) is 5.91 Å². The Morgan fingerprint density at radius 3 is 2.35 bits per heavy atom. The van der Waals surface area contributed by atoms with E-state index in [0.717, 1.165) is 10.0 Å². The lowest BCUT2D eigenvalue weighted by atomic mass is 10.1. The predicted molar refractivity (Wildman–Crippen MR) is 82.8 cm³/mol. The SMILES string of the molecule is N#C/C(=C\c1ccc(Br)cc1)C(=O)Nc1ccccc1. The van der Waals surface area contributed by atoms with Crippen LogP contribution in [0.5, 0.6) is 0 Å². The zero-order chi connectivity index (χ0) is 14.4. The maximum Gasteiger partial charge on any atom is 0.266 e. The van der Waals surface area contributed by atoms with Crippen molar-refractivity contribution in [2.24, 2.45) is 0 Å². The third kappa shape index (κ3) is 3.81. The Hall–Kier alpha value is -2.38. The van der Waals surface area contributed by atoms with E-state index in [1.54, 1.807) is 18.2 Å². The molecule has 4 heteroatoms. The maximum atomic E-state index is 12.0. The van der Waals surface area contributed by atoms with Crippen LogP contribution in [0.1, 0.15) is 5.56 Å². The second-order valence-electron chi connectivity index (χ2n) is 4.04. The van der Waals surface area contributed by atoms with Crippen LogP contribution in [0.25, 0.3) is 6.08 Å². The fourth-order valence-electron chi connectivity index (χ4n) is 1.59. The highest BCUT2D eigenvalue weighted by atomic mass is 79.9. The minimum absolute atomic E-state index is 0.0659. The number of anilines is 1. The predicted octanol–water partition coefficient (Wildman–Crippen LogP) is 3.99. The third-order valence-corrected chi connectivity index (χ3v) is 3.11. The summed E-state index contributed by atoms with van der Waals surface area (Å²) < 4.78 is 0.946. The van der Waals surface area contributed by atoms with Gasteiger partial charge in [-0.25, -0.2) is 0 Å². The molecule has 3 nitrogen and oxygen atoms in total. The Bertz CT molecular complexity index is 670. The Morgan fingerprint density at radius 2 is 1.75 bits per heavy atom. The first-order valence-electron chi connectivity index (χ1n) is 5.93. The molecule has 0 fully saturated rings. The van der Waals surface area contributed by atoms with Gasteiger partial charge in [0.1, 0.15) is 11.6 Å². The van der Waals surface area contributed by atoms with Gasteiger partial charge in [-0.15, -0.1) is 0 Å². The molecule has 0 saturated carbocycles. The molecular formula is C16H11BrN2O. The van der Waals surface area contributed by atoms with Crippen molar-refractivity contribution in [2.45, 2.75) is 0 Å². The number of nitriles is 1. The lowest BCUT2D eigenvalue weighted by Crippen LogP contribution is -2.13. The molecule has 0 radical (unpaired) electrons. The van der Waals surface area contributed by atoms with Gasteiger partial charge < -0.3 is 5.32 Å². The number of nitrogens with one attached hydrogen (secondary N) is 1. The molecular weight excluding hydrogens is 316 g/mol. The van der Waals surface area contributed by atoms with Crippen LogP contribution >= 0.6 is 15.9 Å². The van der Waals surface area contributed by atoms with Crippen molar-refractivity contribution in [3.8, 4) is 6.07 Å². The molecule has 2 aromatic carbocycles. The average Bonchev–Trinajstić information content (AvgIpc) is 2.47. The highest BCUT2D eigenvalue weighted by molar-refractivity contribution is 9.10. The van der Waals surface area contributed by atoms with E-state index in [0.29, 0.717) is 5.69 Å². The highest BCUT2D eigenvalue weighted by Crippen LogP contribution is 2.14. The highest BCUT2D eigenvalue weighted by Gasteiger charge is 2.09. The van der Waals surface area contributed by atoms with Crippen LogP contribution < -0.4 is 5.32 Å². The van der Waals surface area contributed by atoms with Gasteiger partial charge in [-0.2, -0.15) is 5.26 Å². The normalized spacial score (nSPS) is 10.7. The number of benzene rings is 2. The molecule has 0 heterocycles. The number of hydrogen-bond donors (Lipinski definition) is 1. The quantitative estimate of drug-likeness (QED) is 0.684. The van der Waals surface area contributed by atoms with E-state index in [-0.39, 0.29) is 5.57 Å². The molecule has 20 heavy (non-hydrogen) atoms. The van der Waals surface area contributed by atoms with Gasteiger partial charge in [0.05, 0.1) is 0 Å². The summed E-state index contributed by atoms with van der Waals surface area (Å²) in [4.78, 5) is 12.0. The Balaban J connectivity index is 2.18. The zero-order valence-electron chi connectivity index (χ0n) is 10.5. The lowest BCUT2D eigenvalue weighted by Gasteiger charge is -2.03. The molecule has 0 bridgehead atoms. The van der Waals surface area contributed by atoms with Crippen LogP contribution in [0.2, 0.25) is 0 Å². The average molecular weight is 327 g/mol. The first kappa shape index (κ1) is 14.0. The molecule has 0 spiro atoms. The van der Waals surface area contributed by atoms with Gasteiger partial charge in [0.15, 0.2) is 0 Å². The van der Waals surface area contributed by atoms with Crippen molar-refractivity contribution in [2.75, 3.05) is 5.32 Å². The first-order chi connectivity index (χ1) is 9.69. The molecule has 2 rings (SSSR count). The van der Waals surface area contributed by atoms with Crippen LogP contribution in [0.3, 0.4) is 0 Å². The van der Waals surface area contributed by atoms with E-state index < -0.39 is 5.91 Å². The zero-order valence-corrected chi connectivity index (χ0v) is 12.1. The lowest BCUT2D eigenvalue weighted by molar-refractivity contribution is -0.112. The van der Waals surface area contributed by atoms with Gasteiger partial charge in [0, 0.05) is 10.2 Å². The summed E-state index contributed by atoms with van der Waals surface area (Å²) in [5.41, 5.74) is 1.53. The molecule has 1 amide bonds. The summed E-state index contributed by atoms with van der Waals surface area (Å²) in [5, 5.41) is 11.8. The number of amides is 1. The van der Waals surface area contributed by atoms with Crippen molar-refractivity contribution in [3.05, 3.63) is 70.2 Å². The van der Waals surface area contributed by atoms with Gasteiger partial charge in [0.25, 0.3) is 5.91 Å². The van der Waals surface area contributed by atoms with Crippen LogP contribution in [0, 0.1) is 11.3 Å². The van der Waals surface area contributed by atoms with Crippen molar-refractivity contribution < 1.29 is 4.79 Å². The van der Waals surface area contributed by atoms with Gasteiger partial charge in [0.2, 0.25) is 0 Å². The Morgan fingerprint density at radius 1 is 1.10 bits per heavy atom. The largest absolute Gasteiger partial charge is 0.321 e. The molecule has 0 aliphatic rings. The van der Waals surface area contributed by atoms with E-state index in [1.165, 1.54) is 0 Å². The fraction of sp³-hybridized carbons (Fsp3) is 0. The van der Waals surface area contributed by atoms with E-state index in [9.17, 15) is 4.79 Å². The van der Waals surface area contributed by atoms with Crippen LogP contribution in [-0.2, 0) is 4.79 Å². The Kier molecular flexibility index (Phi) is 4.70. The van der Waals surface area contributed by atoms with Gasteiger partial charge in [-0.3, -0.25) is 4.79 Å². The van der Waals surface area contributed by atoms with Crippen molar-refractivity contribution in [1.29, 1.82) is 5.26 Å². The number of nitrogens with zero attached hydrogens (tertiary/aromatic N) is 1. The van der Waals surface area contributed by atoms with E-state index in [1.807, 2.05) is 48.5 Å². The minimum Gasteiger partial charge on any atom is -0.321 e. The number of rotatable bonds is 3. The van der Waals surface area contributed by atoms with E-state index in [2.05, 4.69) is 21.2 Å². The van der Waals surface area contributed by atoms with Gasteiger partial charge in [-0.05, 0) is 35.9 Å². The van der Waals surface area contributed by atoms with Crippen molar-refractivity contribution >= 4 is 33.6 Å². The topological polar surface area (TPSA) is 52.9 Å². The van der Waals surface area contributed by atoms with E-state index >= 15 is 0 Å². The summed E-state index contributed by atoms with van der Waals surface area (Å²) in [6.45, 7) is 0. The Labute approximate surface area is 125 Å². The van der Waals surface area contributed by atoms with Crippen molar-refractivity contribution in [3.63, 3.8) is 0 Å². The second kappa shape index (κ2) is 6.69. The van der Waals surface area contributed by atoms with Gasteiger partial charge in [-0.1, -0.05) is 46.3 Å². The molecule has 0 aliphatic heterocycles. The molecule has 0 unspecified atom stereocenters. The molecule has 98 valence electrons. The number of carbonyl (C=O) groups is 1. The monoisotopic (exact) mass is 326 g/mol. The van der Waals surface area contributed by atoms with Gasteiger partial charge >= 0.3 is 0 Å². The summed E-state index contributed by atoms with van der Waals surface area (Å²) in [5.74, 6) is -0.415. The molecule has 1 N–H and O–H groups in total. The van der Waals surface area contributed by atoms with Crippen LogP contribution in [0.15, 0.2) is 64.6 Å². The third-order valence-electron chi connectivity index (χ3n) is 2.58. The molecule has 2 aromatic rings. The summed E-state index contributed by atoms with van der Waals surface area (Å²) in [7, 11) is 0. The van der Waals surface area contributed by atoms with Crippen LogP contribution in [0.4, 0.5) is 5.69 Å². The number of halogens is 1. The molecule has 0 aromatic heterocycles. The van der Waals surface area contributed by atoms with Crippen molar-refractivity contribution in [1.82, 2.24) is 0 Å². The molecule has 0 atom stereocenters. The number of para-hydroxylation sites is 1. The minimum atomic E-state index is -0.415. The summed E-state index contributed by atoms with van der Waals surface area (Å²) in [6, 6.07) is 18.3. The fourth-order valence-corrected chi connectivity index (χ4v) is 1.86. The second-order valence-corrected chi connectivity index (χ2v) is 4.96. The standard InChI is InChI=1S/C16H11BrN2O/c17-14-8-6-12(7-9-14)10-13(11-18)16(20)19-15-4-2-1-3-5-15/h1-10H,(H,19,20)/b13-10+. The summed E-state index contributed by atoms with van der Waals surface area (Å²) >= 11 is 3.34. The number of carbonyl (C=O) groups excluding carboxylic acids is 1. The summed E-state index contributed by atoms with van der Waals surface area (Å²) in [6.07, 6.45) is 1.56. The smallest absolute Gasteiger partial charge is 0.266 e. The molecule has 0 aliphatic carbocycles. The number of hydrogen-bond acceptors (Lipinski definition) is 2. The molecule has 0 saturated heterocycles. The maximum absolute atomic E-state index is 12.0. The van der Waals surface area contributed by atoms with E-state index in [4.69, 9.17) is 5.26 Å².